The summed E-state index contributed by atoms with van der Waals surface area (Å²) in [6.45, 7) is 2.93. The van der Waals surface area contributed by atoms with E-state index >= 15 is 0 Å². The summed E-state index contributed by atoms with van der Waals surface area (Å²) in [5.74, 6) is 0.0773. The van der Waals surface area contributed by atoms with Crippen LogP contribution in [0.5, 0.6) is 0 Å². The van der Waals surface area contributed by atoms with E-state index in [1.54, 1.807) is 12.3 Å². The molecule has 26 heavy (non-hydrogen) atoms. The molecule has 0 radical (unpaired) electrons. The Morgan fingerprint density at radius 2 is 1.69 bits per heavy atom. The van der Waals surface area contributed by atoms with Gasteiger partial charge in [-0.25, -0.2) is 9.97 Å². The molecule has 0 atom stereocenters. The summed E-state index contributed by atoms with van der Waals surface area (Å²) in [5.41, 5.74) is 6.90. The quantitative estimate of drug-likeness (QED) is 0.532. The smallest absolute Gasteiger partial charge is 0.255 e. The van der Waals surface area contributed by atoms with Crippen LogP contribution in [-0.4, -0.2) is 22.4 Å². The fraction of sp³-hybridized carbons (Fsp3) is 0.571. The number of anilines is 1. The standard InChI is InChI=1S/C21H32N4O/c1-2-3-4-5-6-7-8-9-10-11-14-24-21(26)18-16-17-13-12-15-23-20(17)25-19(18)22/h12-13,15-16H,2-11,14H2,1H3,(H,24,26)(H2,22,23,25). The molecule has 0 aliphatic carbocycles. The highest BCUT2D eigenvalue weighted by Gasteiger charge is 2.12. The fourth-order valence-corrected chi connectivity index (χ4v) is 3.11. The molecule has 2 rings (SSSR count). The lowest BCUT2D eigenvalue weighted by atomic mass is 10.1. The van der Waals surface area contributed by atoms with Gasteiger partial charge in [0.05, 0.1) is 5.56 Å². The Hall–Kier alpha value is -2.17. The number of nitrogens with two attached hydrogens (primary N) is 1. The molecule has 5 nitrogen and oxygen atoms in total. The van der Waals surface area contributed by atoms with Gasteiger partial charge in [-0.3, -0.25) is 4.79 Å². The van der Waals surface area contributed by atoms with Crippen LogP contribution in [0.1, 0.15) is 81.5 Å². The number of unbranched alkanes of at least 4 members (excludes halogenated alkanes) is 9. The van der Waals surface area contributed by atoms with Crippen molar-refractivity contribution in [3.05, 3.63) is 30.0 Å². The predicted molar refractivity (Wildman–Crippen MR) is 108 cm³/mol. The molecule has 5 heteroatoms. The van der Waals surface area contributed by atoms with Crippen LogP contribution in [0.2, 0.25) is 0 Å². The number of fused-ring (bicyclic) bond motifs is 1. The summed E-state index contributed by atoms with van der Waals surface area (Å²) in [7, 11) is 0. The largest absolute Gasteiger partial charge is 0.383 e. The number of pyridine rings is 2. The minimum absolute atomic E-state index is 0.156. The number of carbonyl (C=O) groups excluding carboxylic acids is 1. The number of nitrogens with zero attached hydrogens (tertiary/aromatic N) is 2. The molecule has 0 aliphatic rings. The number of amides is 1. The molecule has 2 aromatic rings. The van der Waals surface area contributed by atoms with E-state index in [-0.39, 0.29) is 11.7 Å². The SMILES string of the molecule is CCCCCCCCCCCCNC(=O)c1cc2cccnc2nc1N. The van der Waals surface area contributed by atoms with E-state index in [0.29, 0.717) is 17.8 Å². The van der Waals surface area contributed by atoms with Crippen LogP contribution in [0.25, 0.3) is 11.0 Å². The Morgan fingerprint density at radius 3 is 2.38 bits per heavy atom. The number of rotatable bonds is 12. The van der Waals surface area contributed by atoms with Crippen LogP contribution in [-0.2, 0) is 0 Å². The molecule has 0 saturated heterocycles. The first-order valence-electron chi connectivity index (χ1n) is 10.0. The number of hydrogen-bond donors (Lipinski definition) is 2. The second kappa shape index (κ2) is 11.4. The highest BCUT2D eigenvalue weighted by Crippen LogP contribution is 2.16. The molecule has 3 N–H and O–H groups in total. The average Bonchev–Trinajstić information content (AvgIpc) is 2.65. The van der Waals surface area contributed by atoms with Crippen molar-refractivity contribution in [2.75, 3.05) is 12.3 Å². The van der Waals surface area contributed by atoms with Gasteiger partial charge in [-0.1, -0.05) is 64.7 Å². The normalized spacial score (nSPS) is 11.0. The Morgan fingerprint density at radius 1 is 1.04 bits per heavy atom. The lowest BCUT2D eigenvalue weighted by molar-refractivity contribution is 0.0953. The zero-order chi connectivity index (χ0) is 18.6. The lowest BCUT2D eigenvalue weighted by Crippen LogP contribution is -2.25. The molecule has 0 bridgehead atoms. The maximum absolute atomic E-state index is 12.3. The van der Waals surface area contributed by atoms with Crippen molar-refractivity contribution in [1.29, 1.82) is 0 Å². The maximum atomic E-state index is 12.3. The van der Waals surface area contributed by atoms with Gasteiger partial charge in [0.1, 0.15) is 5.82 Å². The van der Waals surface area contributed by atoms with Crippen molar-refractivity contribution in [1.82, 2.24) is 15.3 Å². The van der Waals surface area contributed by atoms with E-state index in [2.05, 4.69) is 22.2 Å². The number of carbonyl (C=O) groups is 1. The fourth-order valence-electron chi connectivity index (χ4n) is 3.11. The molecule has 0 aromatic carbocycles. The molecule has 1 amide bonds. The summed E-state index contributed by atoms with van der Waals surface area (Å²) in [5, 5.41) is 3.78. The molecule has 0 spiro atoms. The zero-order valence-corrected chi connectivity index (χ0v) is 16.0. The Labute approximate surface area is 156 Å². The van der Waals surface area contributed by atoms with Crippen LogP contribution in [0.15, 0.2) is 24.4 Å². The number of aromatic nitrogens is 2. The van der Waals surface area contributed by atoms with E-state index in [4.69, 9.17) is 5.73 Å². The molecular weight excluding hydrogens is 324 g/mol. The summed E-state index contributed by atoms with van der Waals surface area (Å²) in [4.78, 5) is 20.7. The van der Waals surface area contributed by atoms with E-state index in [0.717, 1.165) is 18.2 Å². The van der Waals surface area contributed by atoms with E-state index in [9.17, 15) is 4.79 Å². The van der Waals surface area contributed by atoms with Gasteiger partial charge in [0.25, 0.3) is 5.91 Å². The Balaban J connectivity index is 1.61. The Bertz CT molecular complexity index is 687. The second-order valence-corrected chi connectivity index (χ2v) is 6.91. The van der Waals surface area contributed by atoms with Gasteiger partial charge in [0.2, 0.25) is 0 Å². The molecule has 0 fully saturated rings. The first-order valence-corrected chi connectivity index (χ1v) is 10.0. The highest BCUT2D eigenvalue weighted by atomic mass is 16.1. The van der Waals surface area contributed by atoms with Crippen LogP contribution in [0.3, 0.4) is 0 Å². The van der Waals surface area contributed by atoms with Crippen molar-refractivity contribution in [2.45, 2.75) is 71.1 Å². The highest BCUT2D eigenvalue weighted by molar-refractivity contribution is 6.01. The van der Waals surface area contributed by atoms with Gasteiger partial charge in [0, 0.05) is 18.1 Å². The molecule has 0 unspecified atom stereocenters. The topological polar surface area (TPSA) is 80.9 Å². The van der Waals surface area contributed by atoms with Gasteiger partial charge >= 0.3 is 0 Å². The maximum Gasteiger partial charge on any atom is 0.255 e. The van der Waals surface area contributed by atoms with Crippen LogP contribution in [0, 0.1) is 0 Å². The van der Waals surface area contributed by atoms with E-state index in [1.165, 1.54) is 51.4 Å². The summed E-state index contributed by atoms with van der Waals surface area (Å²) >= 11 is 0. The average molecular weight is 357 g/mol. The zero-order valence-electron chi connectivity index (χ0n) is 16.0. The van der Waals surface area contributed by atoms with E-state index < -0.39 is 0 Å². The summed E-state index contributed by atoms with van der Waals surface area (Å²) in [6.07, 6.45) is 14.5. The predicted octanol–water partition coefficient (Wildman–Crippen LogP) is 4.86. The number of nitrogens with one attached hydrogen (secondary N) is 1. The minimum atomic E-state index is -0.156. The van der Waals surface area contributed by atoms with Crippen molar-refractivity contribution in [3.8, 4) is 0 Å². The van der Waals surface area contributed by atoms with Crippen molar-refractivity contribution in [3.63, 3.8) is 0 Å². The van der Waals surface area contributed by atoms with Crippen molar-refractivity contribution >= 4 is 22.8 Å². The molecule has 2 aromatic heterocycles. The molecule has 2 heterocycles. The number of nitrogen functional groups attached to an aromatic ring is 1. The third kappa shape index (κ3) is 6.62. The Kier molecular flexibility index (Phi) is 8.87. The van der Waals surface area contributed by atoms with E-state index in [1.807, 2.05) is 12.1 Å². The minimum Gasteiger partial charge on any atom is -0.383 e. The molecule has 0 saturated carbocycles. The summed E-state index contributed by atoms with van der Waals surface area (Å²) < 4.78 is 0. The number of hydrogen-bond acceptors (Lipinski definition) is 4. The lowest BCUT2D eigenvalue weighted by Gasteiger charge is -2.08. The van der Waals surface area contributed by atoms with Gasteiger partial charge in [-0.2, -0.15) is 0 Å². The first-order chi connectivity index (χ1) is 12.7. The van der Waals surface area contributed by atoms with Gasteiger partial charge < -0.3 is 11.1 Å². The van der Waals surface area contributed by atoms with Crippen LogP contribution >= 0.6 is 0 Å². The monoisotopic (exact) mass is 356 g/mol. The first kappa shape index (κ1) is 20.1. The molecular formula is C21H32N4O. The third-order valence-corrected chi connectivity index (χ3v) is 4.68. The van der Waals surface area contributed by atoms with Gasteiger partial charge in [-0.15, -0.1) is 0 Å². The van der Waals surface area contributed by atoms with Gasteiger partial charge in [0.15, 0.2) is 5.65 Å². The van der Waals surface area contributed by atoms with Gasteiger partial charge in [-0.05, 0) is 24.6 Å². The van der Waals surface area contributed by atoms with Crippen LogP contribution in [0.4, 0.5) is 5.82 Å². The molecule has 0 aliphatic heterocycles. The van der Waals surface area contributed by atoms with Crippen molar-refractivity contribution in [2.24, 2.45) is 0 Å². The van der Waals surface area contributed by atoms with Crippen LogP contribution < -0.4 is 11.1 Å². The third-order valence-electron chi connectivity index (χ3n) is 4.68. The van der Waals surface area contributed by atoms with Crippen molar-refractivity contribution < 1.29 is 4.79 Å². The second-order valence-electron chi connectivity index (χ2n) is 6.91. The summed E-state index contributed by atoms with van der Waals surface area (Å²) in [6, 6.07) is 5.47. The molecule has 142 valence electrons.